The van der Waals surface area contributed by atoms with Gasteiger partial charge in [-0.2, -0.15) is 0 Å². The SMILES string of the molecule is c1ccc(-c2cccc(-c3ccc(-c4cccc5oc6cc(-c7nc(-c8ccccc8)nc(-c8ccc9c%10ccccc%10c%10ccccc%10c9c8)n7)ccc6c45)cc3)c2)cc1. The van der Waals surface area contributed by atoms with Crippen LogP contribution in [0.5, 0.6) is 0 Å². The molecule has 0 unspecified atom stereocenters. The van der Waals surface area contributed by atoms with Crippen LogP contribution in [0.15, 0.2) is 217 Å². The predicted molar refractivity (Wildman–Crippen MR) is 252 cm³/mol. The van der Waals surface area contributed by atoms with Crippen molar-refractivity contribution in [3.05, 3.63) is 212 Å². The van der Waals surface area contributed by atoms with Crippen molar-refractivity contribution in [1.82, 2.24) is 15.0 Å². The third kappa shape index (κ3) is 6.04. The summed E-state index contributed by atoms with van der Waals surface area (Å²) < 4.78 is 6.61. The number of benzene rings is 10. The summed E-state index contributed by atoms with van der Waals surface area (Å²) in [5.41, 5.74) is 11.4. The van der Waals surface area contributed by atoms with E-state index in [-0.39, 0.29) is 0 Å². The Morgan fingerprint density at radius 1 is 0.246 bits per heavy atom. The van der Waals surface area contributed by atoms with E-state index < -0.39 is 0 Å². The van der Waals surface area contributed by atoms with Gasteiger partial charge in [0.15, 0.2) is 17.5 Å². The molecule has 0 N–H and O–H groups in total. The van der Waals surface area contributed by atoms with E-state index in [0.717, 1.165) is 49.8 Å². The van der Waals surface area contributed by atoms with Crippen molar-refractivity contribution in [2.45, 2.75) is 0 Å². The maximum atomic E-state index is 6.61. The Bertz CT molecular complexity index is 3600. The average molecular weight is 778 g/mol. The molecule has 4 nitrogen and oxygen atoms in total. The van der Waals surface area contributed by atoms with E-state index in [1.807, 2.05) is 36.4 Å². The van der Waals surface area contributed by atoms with Crippen LogP contribution in [-0.2, 0) is 0 Å². The Morgan fingerprint density at radius 2 is 0.689 bits per heavy atom. The van der Waals surface area contributed by atoms with E-state index in [0.29, 0.717) is 17.5 Å². The predicted octanol–water partition coefficient (Wildman–Crippen LogP) is 15.2. The monoisotopic (exact) mass is 777 g/mol. The van der Waals surface area contributed by atoms with Crippen LogP contribution in [0.3, 0.4) is 0 Å². The van der Waals surface area contributed by atoms with Crippen LogP contribution < -0.4 is 0 Å². The summed E-state index contributed by atoms with van der Waals surface area (Å²) in [5.74, 6) is 1.82. The number of furan rings is 1. The lowest BCUT2D eigenvalue weighted by atomic mass is 9.93. The largest absolute Gasteiger partial charge is 0.456 e. The Labute approximate surface area is 352 Å². The number of rotatable bonds is 6. The van der Waals surface area contributed by atoms with Crippen LogP contribution >= 0.6 is 0 Å². The molecule has 61 heavy (non-hydrogen) atoms. The molecule has 0 atom stereocenters. The van der Waals surface area contributed by atoms with E-state index in [1.165, 1.54) is 54.6 Å². The fourth-order valence-electron chi connectivity index (χ4n) is 8.95. The Hall–Kier alpha value is -8.21. The van der Waals surface area contributed by atoms with Gasteiger partial charge in [-0.05, 0) is 96.0 Å². The molecule has 0 aliphatic heterocycles. The first-order valence-corrected chi connectivity index (χ1v) is 20.6. The van der Waals surface area contributed by atoms with Crippen molar-refractivity contribution in [2.75, 3.05) is 0 Å². The number of nitrogens with zero attached hydrogens (tertiary/aromatic N) is 3. The lowest BCUT2D eigenvalue weighted by Crippen LogP contribution is -2.00. The molecule has 2 aromatic heterocycles. The first-order valence-electron chi connectivity index (χ1n) is 20.6. The van der Waals surface area contributed by atoms with Gasteiger partial charge in [-0.15, -0.1) is 0 Å². The van der Waals surface area contributed by atoms with Gasteiger partial charge in [-0.3, -0.25) is 0 Å². The molecule has 284 valence electrons. The van der Waals surface area contributed by atoms with E-state index in [2.05, 4.69) is 176 Å². The Morgan fingerprint density at radius 3 is 1.33 bits per heavy atom. The average Bonchev–Trinajstić information content (AvgIpc) is 3.73. The highest BCUT2D eigenvalue weighted by Crippen LogP contribution is 2.40. The molecular formula is C57H35N3O. The molecule has 0 spiro atoms. The van der Waals surface area contributed by atoms with Crippen molar-refractivity contribution in [1.29, 1.82) is 0 Å². The minimum absolute atomic E-state index is 0.585. The van der Waals surface area contributed by atoms with Gasteiger partial charge in [-0.25, -0.2) is 15.0 Å². The van der Waals surface area contributed by atoms with Crippen LogP contribution in [0.4, 0.5) is 0 Å². The van der Waals surface area contributed by atoms with Crippen LogP contribution in [-0.4, -0.2) is 15.0 Å². The first-order chi connectivity index (χ1) is 30.2. The van der Waals surface area contributed by atoms with Crippen LogP contribution in [0, 0.1) is 0 Å². The zero-order valence-electron chi connectivity index (χ0n) is 33.0. The minimum atomic E-state index is 0.585. The molecule has 0 bridgehead atoms. The Kier molecular flexibility index (Phi) is 8.13. The zero-order valence-corrected chi connectivity index (χ0v) is 33.0. The van der Waals surface area contributed by atoms with Crippen molar-refractivity contribution >= 4 is 54.3 Å². The zero-order chi connectivity index (χ0) is 40.3. The number of hydrogen-bond donors (Lipinski definition) is 0. The van der Waals surface area contributed by atoms with Gasteiger partial charge in [-0.1, -0.05) is 182 Å². The standard InChI is InChI=1S/C57H35N3O/c1-3-13-36(14-4-1)40-17-11-18-41(33-40)37-25-27-38(28-26-37)44-23-12-24-52-54(44)50-32-30-43(35-53(50)61-52)57-59-55(39-15-5-2-6-16-39)58-56(60-57)42-29-31-49-47-21-8-7-19-45(47)46-20-9-10-22-48(46)51(49)34-42/h1-35H. The summed E-state index contributed by atoms with van der Waals surface area (Å²) in [7, 11) is 0. The summed E-state index contributed by atoms with van der Waals surface area (Å²) in [6.45, 7) is 0. The van der Waals surface area contributed by atoms with Gasteiger partial charge in [0, 0.05) is 27.5 Å². The van der Waals surface area contributed by atoms with E-state index in [9.17, 15) is 0 Å². The number of aromatic nitrogens is 3. The summed E-state index contributed by atoms with van der Waals surface area (Å²) in [5, 5.41) is 9.41. The van der Waals surface area contributed by atoms with Gasteiger partial charge in [0.1, 0.15) is 11.2 Å². The highest BCUT2D eigenvalue weighted by Gasteiger charge is 2.18. The summed E-state index contributed by atoms with van der Waals surface area (Å²) in [6.07, 6.45) is 0. The minimum Gasteiger partial charge on any atom is -0.456 e. The highest BCUT2D eigenvalue weighted by molar-refractivity contribution is 6.25. The first kappa shape index (κ1) is 34.8. The molecule has 0 amide bonds. The molecule has 12 aromatic rings. The fraction of sp³-hybridized carbons (Fsp3) is 0. The van der Waals surface area contributed by atoms with Gasteiger partial charge in [0.05, 0.1) is 0 Å². The molecule has 10 aromatic carbocycles. The third-order valence-electron chi connectivity index (χ3n) is 11.9. The van der Waals surface area contributed by atoms with Gasteiger partial charge in [0.25, 0.3) is 0 Å². The lowest BCUT2D eigenvalue weighted by molar-refractivity contribution is 0.669. The molecule has 0 radical (unpaired) electrons. The molecule has 0 saturated carbocycles. The van der Waals surface area contributed by atoms with Gasteiger partial charge in [0.2, 0.25) is 0 Å². The number of hydrogen-bond acceptors (Lipinski definition) is 4. The molecule has 0 saturated heterocycles. The molecule has 2 heterocycles. The summed E-state index contributed by atoms with van der Waals surface area (Å²) >= 11 is 0. The summed E-state index contributed by atoms with van der Waals surface area (Å²) in [6, 6.07) is 74.7. The molecular weight excluding hydrogens is 743 g/mol. The molecule has 0 aliphatic carbocycles. The second-order valence-corrected chi connectivity index (χ2v) is 15.5. The normalized spacial score (nSPS) is 11.6. The van der Waals surface area contributed by atoms with Crippen molar-refractivity contribution < 1.29 is 4.42 Å². The van der Waals surface area contributed by atoms with Crippen molar-refractivity contribution in [2.24, 2.45) is 0 Å². The quantitative estimate of drug-likeness (QED) is 0.158. The fourth-order valence-corrected chi connectivity index (χ4v) is 8.95. The smallest absolute Gasteiger partial charge is 0.164 e. The van der Waals surface area contributed by atoms with Crippen LogP contribution in [0.25, 0.3) is 122 Å². The van der Waals surface area contributed by atoms with Crippen molar-refractivity contribution in [3.63, 3.8) is 0 Å². The second kappa shape index (κ2) is 14.3. The van der Waals surface area contributed by atoms with E-state index in [4.69, 9.17) is 19.4 Å². The van der Waals surface area contributed by atoms with Gasteiger partial charge < -0.3 is 4.42 Å². The van der Waals surface area contributed by atoms with E-state index in [1.54, 1.807) is 0 Å². The number of fused-ring (bicyclic) bond motifs is 9. The topological polar surface area (TPSA) is 51.8 Å². The van der Waals surface area contributed by atoms with E-state index >= 15 is 0 Å². The maximum absolute atomic E-state index is 6.61. The van der Waals surface area contributed by atoms with Gasteiger partial charge >= 0.3 is 0 Å². The molecule has 4 heteroatoms. The van der Waals surface area contributed by atoms with Crippen LogP contribution in [0.2, 0.25) is 0 Å². The lowest BCUT2D eigenvalue weighted by Gasteiger charge is -2.12. The molecule has 0 fully saturated rings. The molecule has 0 aliphatic rings. The van der Waals surface area contributed by atoms with Crippen LogP contribution in [0.1, 0.15) is 0 Å². The Balaban J connectivity index is 0.951. The third-order valence-corrected chi connectivity index (χ3v) is 11.9. The van der Waals surface area contributed by atoms with Crippen molar-refractivity contribution in [3.8, 4) is 67.5 Å². The maximum Gasteiger partial charge on any atom is 0.164 e. The second-order valence-electron chi connectivity index (χ2n) is 15.5. The highest BCUT2D eigenvalue weighted by atomic mass is 16.3. The summed E-state index contributed by atoms with van der Waals surface area (Å²) in [4.78, 5) is 15.3. The molecule has 12 rings (SSSR count).